The van der Waals surface area contributed by atoms with Gasteiger partial charge in [-0.05, 0) is 25.1 Å². The first-order chi connectivity index (χ1) is 15.4. The zero-order chi connectivity index (χ0) is 22.8. The molecule has 32 heavy (non-hydrogen) atoms. The van der Waals surface area contributed by atoms with E-state index in [0.717, 1.165) is 11.3 Å². The number of furan rings is 1. The maximum atomic E-state index is 12.9. The molecular formula is C21H17N3O7S. The van der Waals surface area contributed by atoms with Crippen molar-refractivity contribution in [2.24, 2.45) is 4.99 Å². The zero-order valence-electron chi connectivity index (χ0n) is 17.1. The van der Waals surface area contributed by atoms with Crippen LogP contribution in [0.1, 0.15) is 17.5 Å². The Kier molecular flexibility index (Phi) is 5.73. The number of para-hydroxylation sites is 1. The van der Waals surface area contributed by atoms with Crippen molar-refractivity contribution in [1.29, 1.82) is 0 Å². The molecule has 0 atom stereocenters. The van der Waals surface area contributed by atoms with E-state index < -0.39 is 16.8 Å². The van der Waals surface area contributed by atoms with Gasteiger partial charge in [0.05, 0.1) is 28.9 Å². The highest BCUT2D eigenvalue weighted by Crippen LogP contribution is 2.29. The number of aromatic nitrogens is 1. The SMILES string of the molecule is CCOc1cccc2cc(C(=O)N=c3sc4cc([N+](=O)[O-])ccc4n3CC(=O)OC)oc12. The predicted octanol–water partition coefficient (Wildman–Crippen LogP) is 3.67. The van der Waals surface area contributed by atoms with Crippen LogP contribution in [0, 0.1) is 10.1 Å². The van der Waals surface area contributed by atoms with Crippen LogP contribution in [0.3, 0.4) is 0 Å². The molecule has 11 heteroatoms. The number of esters is 1. The lowest BCUT2D eigenvalue weighted by Gasteiger charge is -2.03. The van der Waals surface area contributed by atoms with Gasteiger partial charge in [-0.15, -0.1) is 0 Å². The highest BCUT2D eigenvalue weighted by molar-refractivity contribution is 7.16. The second-order valence-electron chi connectivity index (χ2n) is 6.59. The molecule has 4 rings (SSSR count). The van der Waals surface area contributed by atoms with Crippen LogP contribution in [-0.2, 0) is 16.1 Å². The number of fused-ring (bicyclic) bond motifs is 2. The summed E-state index contributed by atoms with van der Waals surface area (Å²) in [6.07, 6.45) is 0. The number of hydrogen-bond donors (Lipinski definition) is 0. The van der Waals surface area contributed by atoms with Crippen LogP contribution in [0.25, 0.3) is 21.2 Å². The third-order valence-corrected chi connectivity index (χ3v) is 5.65. The fraction of sp³-hybridized carbons (Fsp3) is 0.190. The topological polar surface area (TPSA) is 126 Å². The number of nitro groups is 1. The molecule has 0 saturated carbocycles. The van der Waals surface area contributed by atoms with Gasteiger partial charge in [-0.3, -0.25) is 19.7 Å². The number of non-ortho nitro benzene ring substituents is 1. The summed E-state index contributed by atoms with van der Waals surface area (Å²) in [4.78, 5) is 39.7. The van der Waals surface area contributed by atoms with Crippen molar-refractivity contribution in [2.45, 2.75) is 13.5 Å². The summed E-state index contributed by atoms with van der Waals surface area (Å²) in [6, 6.07) is 11.1. The van der Waals surface area contributed by atoms with Crippen LogP contribution < -0.4 is 9.54 Å². The van der Waals surface area contributed by atoms with Gasteiger partial charge in [-0.2, -0.15) is 4.99 Å². The van der Waals surface area contributed by atoms with Gasteiger partial charge in [0.25, 0.3) is 5.69 Å². The van der Waals surface area contributed by atoms with E-state index in [-0.39, 0.29) is 22.8 Å². The largest absolute Gasteiger partial charge is 0.490 e. The molecule has 0 aliphatic rings. The molecule has 0 bridgehead atoms. The van der Waals surface area contributed by atoms with Crippen LogP contribution in [0.15, 0.2) is 51.9 Å². The molecule has 0 unspecified atom stereocenters. The molecule has 10 nitrogen and oxygen atoms in total. The number of amides is 1. The Hall–Kier alpha value is -3.99. The fourth-order valence-electron chi connectivity index (χ4n) is 3.16. The first kappa shape index (κ1) is 21.2. The summed E-state index contributed by atoms with van der Waals surface area (Å²) < 4.78 is 17.9. The standard InChI is InChI=1S/C21H17N3O7S/c1-3-30-15-6-4-5-12-9-16(31-19(12)15)20(26)22-21-23(11-18(25)29-2)14-8-7-13(24(27)28)10-17(14)32-21/h4-10H,3,11H2,1-2H3. The number of rotatable bonds is 6. The summed E-state index contributed by atoms with van der Waals surface area (Å²) in [5, 5.41) is 11.8. The summed E-state index contributed by atoms with van der Waals surface area (Å²) in [5.74, 6) is -0.704. The molecule has 0 radical (unpaired) electrons. The summed E-state index contributed by atoms with van der Waals surface area (Å²) in [5.41, 5.74) is 0.839. The molecule has 4 aromatic rings. The highest BCUT2D eigenvalue weighted by Gasteiger charge is 2.18. The van der Waals surface area contributed by atoms with Gasteiger partial charge >= 0.3 is 11.9 Å². The normalized spacial score (nSPS) is 11.8. The molecule has 164 valence electrons. The molecule has 0 spiro atoms. The molecule has 1 amide bonds. The van der Waals surface area contributed by atoms with Crippen molar-refractivity contribution < 1.29 is 28.4 Å². The lowest BCUT2D eigenvalue weighted by Crippen LogP contribution is -2.22. The van der Waals surface area contributed by atoms with E-state index >= 15 is 0 Å². The zero-order valence-corrected chi connectivity index (χ0v) is 17.9. The molecule has 0 saturated heterocycles. The Morgan fingerprint density at radius 2 is 2.06 bits per heavy atom. The van der Waals surface area contributed by atoms with E-state index in [4.69, 9.17) is 13.9 Å². The number of thiazole rings is 1. The smallest absolute Gasteiger partial charge is 0.325 e. The van der Waals surface area contributed by atoms with E-state index in [2.05, 4.69) is 4.99 Å². The Morgan fingerprint density at radius 1 is 1.25 bits per heavy atom. The van der Waals surface area contributed by atoms with E-state index in [1.807, 2.05) is 6.92 Å². The number of benzene rings is 2. The average molecular weight is 455 g/mol. The third-order valence-electron chi connectivity index (χ3n) is 4.61. The Labute approximate surface area is 184 Å². The van der Waals surface area contributed by atoms with Crippen LogP contribution in [0.5, 0.6) is 5.75 Å². The maximum Gasteiger partial charge on any atom is 0.325 e. The van der Waals surface area contributed by atoms with Gasteiger partial charge < -0.3 is 18.5 Å². The van der Waals surface area contributed by atoms with E-state index in [1.165, 1.54) is 29.9 Å². The minimum absolute atomic E-state index is 0.000192. The molecule has 2 aromatic heterocycles. The van der Waals surface area contributed by atoms with Crippen LogP contribution >= 0.6 is 11.3 Å². The van der Waals surface area contributed by atoms with E-state index in [1.54, 1.807) is 24.3 Å². The van der Waals surface area contributed by atoms with Crippen LogP contribution in [-0.4, -0.2) is 35.1 Å². The van der Waals surface area contributed by atoms with Crippen LogP contribution in [0.2, 0.25) is 0 Å². The van der Waals surface area contributed by atoms with Gasteiger partial charge in [-0.25, -0.2) is 0 Å². The highest BCUT2D eigenvalue weighted by atomic mass is 32.1. The fourth-order valence-corrected chi connectivity index (χ4v) is 4.22. The number of ether oxygens (including phenoxy) is 2. The Balaban J connectivity index is 1.83. The maximum absolute atomic E-state index is 12.9. The lowest BCUT2D eigenvalue weighted by atomic mass is 10.2. The number of nitrogens with zero attached hydrogens (tertiary/aromatic N) is 3. The number of carbonyl (C=O) groups excluding carboxylic acids is 2. The number of hydrogen-bond acceptors (Lipinski definition) is 8. The van der Waals surface area contributed by atoms with E-state index in [9.17, 15) is 19.7 Å². The van der Waals surface area contributed by atoms with Crippen molar-refractivity contribution in [2.75, 3.05) is 13.7 Å². The summed E-state index contributed by atoms with van der Waals surface area (Å²) in [7, 11) is 1.24. The van der Waals surface area contributed by atoms with Crippen molar-refractivity contribution in [3.63, 3.8) is 0 Å². The van der Waals surface area contributed by atoms with Gasteiger partial charge in [0, 0.05) is 17.5 Å². The number of methoxy groups -OCH3 is 1. The second kappa shape index (κ2) is 8.63. The minimum atomic E-state index is -0.664. The Morgan fingerprint density at radius 3 is 2.78 bits per heavy atom. The first-order valence-corrected chi connectivity index (χ1v) is 10.3. The summed E-state index contributed by atoms with van der Waals surface area (Å²) in [6.45, 7) is 2.07. The molecule has 2 aromatic carbocycles. The number of carbonyl (C=O) groups is 2. The van der Waals surface area contributed by atoms with Crippen molar-refractivity contribution in [3.8, 4) is 5.75 Å². The van der Waals surface area contributed by atoms with Crippen molar-refractivity contribution in [3.05, 3.63) is 63.1 Å². The minimum Gasteiger partial charge on any atom is -0.490 e. The molecular weight excluding hydrogens is 438 g/mol. The van der Waals surface area contributed by atoms with Crippen LogP contribution in [0.4, 0.5) is 5.69 Å². The first-order valence-electron chi connectivity index (χ1n) is 9.50. The molecule has 0 aliphatic heterocycles. The van der Waals surface area contributed by atoms with Gasteiger partial charge in [0.2, 0.25) is 0 Å². The second-order valence-corrected chi connectivity index (χ2v) is 7.60. The third kappa shape index (κ3) is 3.97. The van der Waals surface area contributed by atoms with Gasteiger partial charge in [-0.1, -0.05) is 23.5 Å². The predicted molar refractivity (Wildman–Crippen MR) is 116 cm³/mol. The van der Waals surface area contributed by atoms with Crippen molar-refractivity contribution in [1.82, 2.24) is 4.57 Å². The average Bonchev–Trinajstić information content (AvgIpc) is 3.36. The molecule has 0 aliphatic carbocycles. The van der Waals surface area contributed by atoms with Crippen molar-refractivity contribution >= 4 is 50.1 Å². The lowest BCUT2D eigenvalue weighted by molar-refractivity contribution is -0.384. The molecule has 2 heterocycles. The molecule has 0 N–H and O–H groups in total. The monoisotopic (exact) mass is 455 g/mol. The van der Waals surface area contributed by atoms with Gasteiger partial charge in [0.1, 0.15) is 6.54 Å². The number of nitro benzene ring substituents is 1. The van der Waals surface area contributed by atoms with E-state index in [0.29, 0.717) is 33.5 Å². The van der Waals surface area contributed by atoms with Gasteiger partial charge in [0.15, 0.2) is 21.9 Å². The Bertz CT molecular complexity index is 1430. The summed E-state index contributed by atoms with van der Waals surface area (Å²) >= 11 is 1.05. The molecule has 0 fully saturated rings. The quantitative estimate of drug-likeness (QED) is 0.247.